The Morgan fingerprint density at radius 1 is 1.22 bits per heavy atom. The third kappa shape index (κ3) is 2.43. The summed E-state index contributed by atoms with van der Waals surface area (Å²) in [5, 5.41) is 7.87. The molecule has 2 heterocycles. The third-order valence-electron chi connectivity index (χ3n) is 3.53. The van der Waals surface area contributed by atoms with Gasteiger partial charge in [0, 0.05) is 36.7 Å². The van der Waals surface area contributed by atoms with E-state index in [1.54, 1.807) is 6.20 Å². The Morgan fingerprint density at radius 3 is 2.89 bits per heavy atom. The first kappa shape index (κ1) is 11.4. The van der Waals surface area contributed by atoms with Gasteiger partial charge in [-0.3, -0.25) is 0 Å². The molecule has 4 nitrogen and oxygen atoms in total. The lowest BCUT2D eigenvalue weighted by Gasteiger charge is -2.13. The molecule has 0 amide bonds. The monoisotopic (exact) mass is 242 g/mol. The molecule has 18 heavy (non-hydrogen) atoms. The summed E-state index contributed by atoms with van der Waals surface area (Å²) in [6, 6.07) is 6.70. The standard InChI is InChI=1S/C14H18N4/c1-2-7-13(6-1)16-11-12-5-3-8-15-14(12)18-10-4-9-17-18/h3-5,8-10,13,16H,1-2,6-7,11H2. The van der Waals surface area contributed by atoms with E-state index in [0.29, 0.717) is 6.04 Å². The summed E-state index contributed by atoms with van der Waals surface area (Å²) >= 11 is 0. The van der Waals surface area contributed by atoms with Gasteiger partial charge in [0.2, 0.25) is 0 Å². The van der Waals surface area contributed by atoms with Crippen LogP contribution in [0.15, 0.2) is 36.8 Å². The Morgan fingerprint density at radius 2 is 2.11 bits per heavy atom. The van der Waals surface area contributed by atoms with Crippen LogP contribution < -0.4 is 5.32 Å². The van der Waals surface area contributed by atoms with Gasteiger partial charge in [-0.15, -0.1) is 0 Å². The van der Waals surface area contributed by atoms with E-state index >= 15 is 0 Å². The smallest absolute Gasteiger partial charge is 0.157 e. The van der Waals surface area contributed by atoms with Crippen molar-refractivity contribution in [2.45, 2.75) is 38.3 Å². The van der Waals surface area contributed by atoms with Gasteiger partial charge in [-0.1, -0.05) is 18.9 Å². The van der Waals surface area contributed by atoms with Crippen LogP contribution >= 0.6 is 0 Å². The molecular weight excluding hydrogens is 224 g/mol. The third-order valence-corrected chi connectivity index (χ3v) is 3.53. The van der Waals surface area contributed by atoms with Crippen LogP contribution in [-0.2, 0) is 6.54 Å². The molecule has 0 radical (unpaired) electrons. The van der Waals surface area contributed by atoms with Crippen LogP contribution in [0.5, 0.6) is 0 Å². The molecule has 94 valence electrons. The molecule has 2 aromatic rings. The summed E-state index contributed by atoms with van der Waals surface area (Å²) in [6.45, 7) is 0.869. The van der Waals surface area contributed by atoms with Gasteiger partial charge in [-0.2, -0.15) is 5.10 Å². The number of hydrogen-bond donors (Lipinski definition) is 1. The van der Waals surface area contributed by atoms with Crippen LogP contribution in [0.25, 0.3) is 5.82 Å². The first-order valence-corrected chi connectivity index (χ1v) is 6.61. The Labute approximate surface area is 107 Å². The fourth-order valence-electron chi connectivity index (χ4n) is 2.55. The van der Waals surface area contributed by atoms with Gasteiger partial charge in [-0.25, -0.2) is 9.67 Å². The normalized spacial score (nSPS) is 16.2. The Balaban J connectivity index is 1.75. The van der Waals surface area contributed by atoms with E-state index in [4.69, 9.17) is 0 Å². The summed E-state index contributed by atoms with van der Waals surface area (Å²) in [6.07, 6.45) is 10.8. The van der Waals surface area contributed by atoms with Gasteiger partial charge in [0.05, 0.1) is 0 Å². The Kier molecular flexibility index (Phi) is 3.37. The van der Waals surface area contributed by atoms with E-state index in [2.05, 4.69) is 21.5 Å². The molecule has 0 aromatic carbocycles. The SMILES string of the molecule is c1cnc(-n2cccn2)c(CNC2CCCC2)c1. The van der Waals surface area contributed by atoms with Crippen molar-refractivity contribution >= 4 is 0 Å². The number of nitrogens with one attached hydrogen (secondary N) is 1. The quantitative estimate of drug-likeness (QED) is 0.894. The topological polar surface area (TPSA) is 42.7 Å². The van der Waals surface area contributed by atoms with Crippen molar-refractivity contribution in [3.63, 3.8) is 0 Å². The van der Waals surface area contributed by atoms with Crippen molar-refractivity contribution < 1.29 is 0 Å². The molecule has 0 saturated heterocycles. The zero-order chi connectivity index (χ0) is 12.2. The van der Waals surface area contributed by atoms with Crippen molar-refractivity contribution in [2.75, 3.05) is 0 Å². The first-order chi connectivity index (χ1) is 8.93. The van der Waals surface area contributed by atoms with Gasteiger partial charge < -0.3 is 5.32 Å². The fraction of sp³-hybridized carbons (Fsp3) is 0.429. The molecule has 1 saturated carbocycles. The van der Waals surface area contributed by atoms with Gasteiger partial charge in [0.15, 0.2) is 5.82 Å². The maximum atomic E-state index is 4.43. The van der Waals surface area contributed by atoms with Crippen molar-refractivity contribution in [2.24, 2.45) is 0 Å². The minimum Gasteiger partial charge on any atom is -0.310 e. The number of pyridine rings is 1. The van der Waals surface area contributed by atoms with E-state index in [9.17, 15) is 0 Å². The zero-order valence-corrected chi connectivity index (χ0v) is 10.4. The molecule has 2 aromatic heterocycles. The zero-order valence-electron chi connectivity index (χ0n) is 10.4. The molecule has 1 aliphatic rings. The lowest BCUT2D eigenvalue weighted by molar-refractivity contribution is 0.522. The van der Waals surface area contributed by atoms with Crippen molar-refractivity contribution in [3.05, 3.63) is 42.4 Å². The van der Waals surface area contributed by atoms with E-state index in [1.807, 2.05) is 29.2 Å². The molecule has 0 spiro atoms. The number of hydrogen-bond acceptors (Lipinski definition) is 3. The molecule has 1 N–H and O–H groups in total. The van der Waals surface area contributed by atoms with E-state index in [0.717, 1.165) is 12.4 Å². The van der Waals surface area contributed by atoms with E-state index in [-0.39, 0.29) is 0 Å². The fourth-order valence-corrected chi connectivity index (χ4v) is 2.55. The van der Waals surface area contributed by atoms with E-state index in [1.165, 1.54) is 31.2 Å². The lowest BCUT2D eigenvalue weighted by Crippen LogP contribution is -2.26. The van der Waals surface area contributed by atoms with Crippen LogP contribution in [0.2, 0.25) is 0 Å². The summed E-state index contributed by atoms with van der Waals surface area (Å²) in [4.78, 5) is 4.43. The van der Waals surface area contributed by atoms with Crippen LogP contribution in [0.3, 0.4) is 0 Å². The minimum atomic E-state index is 0.677. The van der Waals surface area contributed by atoms with Gasteiger partial charge >= 0.3 is 0 Å². The maximum Gasteiger partial charge on any atom is 0.157 e. The Bertz CT molecular complexity index is 486. The van der Waals surface area contributed by atoms with E-state index < -0.39 is 0 Å². The molecule has 3 rings (SSSR count). The largest absolute Gasteiger partial charge is 0.310 e. The maximum absolute atomic E-state index is 4.43. The second-order valence-electron chi connectivity index (χ2n) is 4.80. The van der Waals surface area contributed by atoms with Crippen LogP contribution in [-0.4, -0.2) is 20.8 Å². The molecule has 0 unspecified atom stereocenters. The highest BCUT2D eigenvalue weighted by Crippen LogP contribution is 2.18. The number of rotatable bonds is 4. The highest BCUT2D eigenvalue weighted by atomic mass is 15.3. The van der Waals surface area contributed by atoms with Crippen LogP contribution in [0.4, 0.5) is 0 Å². The highest BCUT2D eigenvalue weighted by Gasteiger charge is 2.15. The second kappa shape index (κ2) is 5.31. The molecule has 1 aliphatic carbocycles. The summed E-state index contributed by atoms with van der Waals surface area (Å²) < 4.78 is 1.83. The molecule has 4 heteroatoms. The number of aromatic nitrogens is 3. The molecule has 0 aliphatic heterocycles. The summed E-state index contributed by atoms with van der Waals surface area (Å²) in [5.41, 5.74) is 1.20. The summed E-state index contributed by atoms with van der Waals surface area (Å²) in [7, 11) is 0. The molecular formula is C14H18N4. The second-order valence-corrected chi connectivity index (χ2v) is 4.80. The van der Waals surface area contributed by atoms with Crippen LogP contribution in [0.1, 0.15) is 31.2 Å². The lowest BCUT2D eigenvalue weighted by atomic mass is 10.2. The summed E-state index contributed by atoms with van der Waals surface area (Å²) in [5.74, 6) is 0.924. The molecule has 0 bridgehead atoms. The average molecular weight is 242 g/mol. The van der Waals surface area contributed by atoms with Gasteiger partial charge in [0.25, 0.3) is 0 Å². The van der Waals surface area contributed by atoms with Crippen molar-refractivity contribution in [1.29, 1.82) is 0 Å². The van der Waals surface area contributed by atoms with Crippen molar-refractivity contribution in [1.82, 2.24) is 20.1 Å². The number of nitrogens with zero attached hydrogens (tertiary/aromatic N) is 3. The van der Waals surface area contributed by atoms with Crippen molar-refractivity contribution in [3.8, 4) is 5.82 Å². The minimum absolute atomic E-state index is 0.677. The van der Waals surface area contributed by atoms with Crippen LogP contribution in [0, 0.1) is 0 Å². The molecule has 0 atom stereocenters. The predicted octanol–water partition coefficient (Wildman–Crippen LogP) is 2.30. The average Bonchev–Trinajstić information content (AvgIpc) is 3.10. The first-order valence-electron chi connectivity index (χ1n) is 6.61. The van der Waals surface area contributed by atoms with Gasteiger partial charge in [-0.05, 0) is 25.0 Å². The predicted molar refractivity (Wildman–Crippen MR) is 70.5 cm³/mol. The molecule has 1 fully saturated rings. The van der Waals surface area contributed by atoms with Gasteiger partial charge in [0.1, 0.15) is 0 Å². The highest BCUT2D eigenvalue weighted by molar-refractivity contribution is 5.32. The Hall–Kier alpha value is -1.68.